The zero-order valence-electron chi connectivity index (χ0n) is 11.6. The molecule has 0 unspecified atom stereocenters. The van der Waals surface area contributed by atoms with Crippen LogP contribution in [0.2, 0.25) is 0 Å². The van der Waals surface area contributed by atoms with Gasteiger partial charge in [-0.2, -0.15) is 0 Å². The molecule has 0 saturated heterocycles. The number of likely N-dealkylation sites (N-methyl/N-ethyl adjacent to an activating group) is 1. The Bertz CT molecular complexity index is 504. The Morgan fingerprint density at radius 1 is 1.53 bits per heavy atom. The van der Waals surface area contributed by atoms with E-state index in [9.17, 15) is 9.59 Å². The van der Waals surface area contributed by atoms with Crippen LogP contribution in [0, 0.1) is 6.92 Å². The van der Waals surface area contributed by atoms with E-state index in [4.69, 9.17) is 4.52 Å². The molecular weight excluding hydrogens is 248 g/mol. The second kappa shape index (κ2) is 4.68. The lowest BCUT2D eigenvalue weighted by Gasteiger charge is -2.26. The monoisotopic (exact) mass is 266 g/mol. The molecule has 1 atom stereocenters. The second-order valence-electron chi connectivity index (χ2n) is 5.03. The van der Waals surface area contributed by atoms with Crippen molar-refractivity contribution in [1.29, 1.82) is 0 Å². The molecule has 1 fully saturated rings. The summed E-state index contributed by atoms with van der Waals surface area (Å²) in [5.74, 6) is 0.0286. The first kappa shape index (κ1) is 13.6. The summed E-state index contributed by atoms with van der Waals surface area (Å²) >= 11 is 0. The molecule has 2 rings (SSSR count). The maximum atomic E-state index is 12.5. The Hall–Kier alpha value is -1.85. The largest absolute Gasteiger partial charge is 0.467 e. The van der Waals surface area contributed by atoms with Crippen molar-refractivity contribution in [2.75, 3.05) is 14.2 Å². The lowest BCUT2D eigenvalue weighted by Crippen LogP contribution is -2.45. The topological polar surface area (TPSA) is 72.6 Å². The van der Waals surface area contributed by atoms with E-state index in [0.29, 0.717) is 5.76 Å². The van der Waals surface area contributed by atoms with Crippen molar-refractivity contribution in [2.45, 2.75) is 38.1 Å². The average Bonchev–Trinajstić information content (AvgIpc) is 3.11. The van der Waals surface area contributed by atoms with Crippen LogP contribution in [0.3, 0.4) is 0 Å². The number of aromatic nitrogens is 1. The van der Waals surface area contributed by atoms with Gasteiger partial charge in [0.15, 0.2) is 5.76 Å². The Morgan fingerprint density at radius 3 is 2.58 bits per heavy atom. The second-order valence-corrected chi connectivity index (χ2v) is 5.03. The van der Waals surface area contributed by atoms with Gasteiger partial charge in [-0.25, -0.2) is 4.79 Å². The molecule has 1 aliphatic carbocycles. The average molecular weight is 266 g/mol. The van der Waals surface area contributed by atoms with E-state index in [2.05, 4.69) is 9.89 Å². The Labute approximate surface area is 111 Å². The molecule has 6 heteroatoms. The standard InChI is InChI=1S/C13H18N2O4/c1-8-7-10(19-14-8)13(5-6-13)12(17)15(3)9(2)11(16)18-4/h7,9H,5-6H2,1-4H3/t9-/m1/s1. The molecule has 0 radical (unpaired) electrons. The minimum Gasteiger partial charge on any atom is -0.467 e. The summed E-state index contributed by atoms with van der Waals surface area (Å²) in [7, 11) is 2.91. The van der Waals surface area contributed by atoms with Gasteiger partial charge in [0.25, 0.3) is 0 Å². The van der Waals surface area contributed by atoms with Gasteiger partial charge in [0, 0.05) is 13.1 Å². The Balaban J connectivity index is 2.18. The van der Waals surface area contributed by atoms with Crippen molar-refractivity contribution >= 4 is 11.9 Å². The number of hydrogen-bond donors (Lipinski definition) is 0. The summed E-state index contributed by atoms with van der Waals surface area (Å²) in [5, 5.41) is 3.82. The summed E-state index contributed by atoms with van der Waals surface area (Å²) in [6.45, 7) is 3.46. The highest BCUT2D eigenvalue weighted by atomic mass is 16.5. The molecule has 0 bridgehead atoms. The van der Waals surface area contributed by atoms with E-state index in [1.165, 1.54) is 12.0 Å². The zero-order valence-corrected chi connectivity index (χ0v) is 11.6. The number of esters is 1. The van der Waals surface area contributed by atoms with Gasteiger partial charge < -0.3 is 14.2 Å². The number of ether oxygens (including phenoxy) is 1. The maximum Gasteiger partial charge on any atom is 0.328 e. The van der Waals surface area contributed by atoms with Crippen molar-refractivity contribution in [1.82, 2.24) is 10.1 Å². The molecule has 1 heterocycles. The van der Waals surface area contributed by atoms with Crippen LogP contribution in [-0.4, -0.2) is 42.1 Å². The van der Waals surface area contributed by atoms with Crippen molar-refractivity contribution in [2.24, 2.45) is 0 Å². The highest BCUT2D eigenvalue weighted by Gasteiger charge is 2.56. The van der Waals surface area contributed by atoms with Gasteiger partial charge in [-0.15, -0.1) is 0 Å². The quantitative estimate of drug-likeness (QED) is 0.761. The summed E-state index contributed by atoms with van der Waals surface area (Å²) < 4.78 is 9.87. The van der Waals surface area contributed by atoms with Crippen LogP contribution in [0.25, 0.3) is 0 Å². The van der Waals surface area contributed by atoms with Crippen LogP contribution in [0.1, 0.15) is 31.2 Å². The van der Waals surface area contributed by atoms with Gasteiger partial charge in [-0.3, -0.25) is 4.79 Å². The fraction of sp³-hybridized carbons (Fsp3) is 0.615. The van der Waals surface area contributed by atoms with Crippen LogP contribution >= 0.6 is 0 Å². The molecule has 104 valence electrons. The van der Waals surface area contributed by atoms with Crippen molar-refractivity contribution in [3.8, 4) is 0 Å². The number of carbonyl (C=O) groups is 2. The van der Waals surface area contributed by atoms with Gasteiger partial charge in [0.05, 0.1) is 12.8 Å². The van der Waals surface area contributed by atoms with Crippen LogP contribution in [-0.2, 0) is 19.7 Å². The van der Waals surface area contributed by atoms with E-state index >= 15 is 0 Å². The third kappa shape index (κ3) is 2.22. The molecule has 1 amide bonds. The first-order chi connectivity index (χ1) is 8.92. The van der Waals surface area contributed by atoms with Gasteiger partial charge in [-0.05, 0) is 26.7 Å². The number of amides is 1. The van der Waals surface area contributed by atoms with E-state index < -0.39 is 17.4 Å². The lowest BCUT2D eigenvalue weighted by atomic mass is 10.0. The number of hydrogen-bond acceptors (Lipinski definition) is 5. The fourth-order valence-corrected chi connectivity index (χ4v) is 2.12. The van der Waals surface area contributed by atoms with E-state index in [0.717, 1.165) is 18.5 Å². The van der Waals surface area contributed by atoms with Crippen LogP contribution in [0.5, 0.6) is 0 Å². The van der Waals surface area contributed by atoms with Gasteiger partial charge in [0.1, 0.15) is 11.5 Å². The van der Waals surface area contributed by atoms with Crippen molar-refractivity contribution in [3.05, 3.63) is 17.5 Å². The molecule has 19 heavy (non-hydrogen) atoms. The molecule has 1 aromatic rings. The first-order valence-corrected chi connectivity index (χ1v) is 6.21. The molecule has 0 aliphatic heterocycles. The molecule has 0 N–H and O–H groups in total. The van der Waals surface area contributed by atoms with Crippen molar-refractivity contribution in [3.63, 3.8) is 0 Å². The van der Waals surface area contributed by atoms with Gasteiger partial charge in [-0.1, -0.05) is 5.16 Å². The summed E-state index contributed by atoms with van der Waals surface area (Å²) in [5.41, 5.74) is 0.107. The summed E-state index contributed by atoms with van der Waals surface area (Å²) in [6, 6.07) is 1.17. The predicted molar refractivity (Wildman–Crippen MR) is 66.4 cm³/mol. The summed E-state index contributed by atoms with van der Waals surface area (Å²) in [4.78, 5) is 25.4. The fourth-order valence-electron chi connectivity index (χ4n) is 2.12. The third-order valence-electron chi connectivity index (χ3n) is 3.70. The molecule has 6 nitrogen and oxygen atoms in total. The van der Waals surface area contributed by atoms with Gasteiger partial charge >= 0.3 is 5.97 Å². The SMILES string of the molecule is COC(=O)[C@@H](C)N(C)C(=O)C1(c2cc(C)no2)CC1. The molecule has 1 aliphatic rings. The third-order valence-corrected chi connectivity index (χ3v) is 3.70. The minimum atomic E-state index is -0.641. The van der Waals surface area contributed by atoms with Gasteiger partial charge in [0.2, 0.25) is 5.91 Å². The highest BCUT2D eigenvalue weighted by molar-refractivity contribution is 5.93. The number of nitrogens with zero attached hydrogens (tertiary/aromatic N) is 2. The lowest BCUT2D eigenvalue weighted by molar-refractivity contribution is -0.152. The smallest absolute Gasteiger partial charge is 0.328 e. The zero-order chi connectivity index (χ0) is 14.2. The summed E-state index contributed by atoms with van der Waals surface area (Å²) in [6.07, 6.45) is 1.44. The van der Waals surface area contributed by atoms with E-state index in [-0.39, 0.29) is 5.91 Å². The number of methoxy groups -OCH3 is 1. The van der Waals surface area contributed by atoms with E-state index in [1.54, 1.807) is 20.0 Å². The molecule has 1 aromatic heterocycles. The number of carbonyl (C=O) groups excluding carboxylic acids is 2. The first-order valence-electron chi connectivity index (χ1n) is 6.21. The predicted octanol–water partition coefficient (Wildman–Crippen LogP) is 1.03. The van der Waals surface area contributed by atoms with Crippen LogP contribution in [0.4, 0.5) is 0 Å². The Kier molecular flexibility index (Phi) is 3.34. The minimum absolute atomic E-state index is 0.124. The normalized spacial score (nSPS) is 17.7. The molecule has 0 spiro atoms. The van der Waals surface area contributed by atoms with Crippen LogP contribution in [0.15, 0.2) is 10.6 Å². The molecular formula is C13H18N2O4. The number of aryl methyl sites for hydroxylation is 1. The van der Waals surface area contributed by atoms with Crippen molar-refractivity contribution < 1.29 is 18.8 Å². The Morgan fingerprint density at radius 2 is 2.16 bits per heavy atom. The highest BCUT2D eigenvalue weighted by Crippen LogP contribution is 2.49. The number of rotatable bonds is 4. The van der Waals surface area contributed by atoms with E-state index in [1.807, 2.05) is 6.92 Å². The molecule has 1 saturated carbocycles. The molecule has 0 aromatic carbocycles. The van der Waals surface area contributed by atoms with Crippen LogP contribution < -0.4 is 0 Å². The maximum absolute atomic E-state index is 12.5.